The zero-order valence-electron chi connectivity index (χ0n) is 13.9. The summed E-state index contributed by atoms with van der Waals surface area (Å²) in [5, 5.41) is 0.596. The van der Waals surface area contributed by atoms with Crippen molar-refractivity contribution in [1.29, 1.82) is 0 Å². The van der Waals surface area contributed by atoms with Gasteiger partial charge in [0.25, 0.3) is 0 Å². The van der Waals surface area contributed by atoms with Crippen LogP contribution in [-0.2, 0) is 15.8 Å². The monoisotopic (exact) mass is 351 g/mol. The number of nitrogens with one attached hydrogen (secondary N) is 1. The number of aryl methyl sites for hydroxylation is 3. The van der Waals surface area contributed by atoms with Crippen LogP contribution in [0.3, 0.4) is 0 Å². The summed E-state index contributed by atoms with van der Waals surface area (Å²) in [5.41, 5.74) is 5.19. The summed E-state index contributed by atoms with van der Waals surface area (Å²) >= 11 is 5.83. The molecule has 2 aromatic carbocycles. The number of hydrogen-bond acceptors (Lipinski definition) is 2. The van der Waals surface area contributed by atoms with Gasteiger partial charge in [-0.1, -0.05) is 35.9 Å². The molecule has 0 aliphatic carbocycles. The van der Waals surface area contributed by atoms with Crippen molar-refractivity contribution in [3.63, 3.8) is 0 Å². The Balaban J connectivity index is 2.16. The van der Waals surface area contributed by atoms with Gasteiger partial charge >= 0.3 is 0 Å². The van der Waals surface area contributed by atoms with Gasteiger partial charge in [0, 0.05) is 11.1 Å². The lowest BCUT2D eigenvalue weighted by Gasteiger charge is -2.18. The third-order valence-electron chi connectivity index (χ3n) is 3.98. The lowest BCUT2D eigenvalue weighted by molar-refractivity contribution is 0.565. The molecule has 1 atom stereocenters. The first-order chi connectivity index (χ1) is 10.7. The standard InChI is InChI=1S/C18H22ClNO2S/c1-12-9-14(3)18(10-13(12)2)15(4)20-23(21,22)11-16-5-7-17(19)8-6-16/h5-10,15,20H,11H2,1-4H3/t15-/m1/s1. The first-order valence-electron chi connectivity index (χ1n) is 7.50. The Morgan fingerprint density at radius 3 is 2.17 bits per heavy atom. The maximum absolute atomic E-state index is 12.4. The van der Waals surface area contributed by atoms with Gasteiger partial charge in [-0.25, -0.2) is 13.1 Å². The Bertz CT molecular complexity index is 799. The first-order valence-corrected chi connectivity index (χ1v) is 9.53. The minimum absolute atomic E-state index is 0.0571. The molecular weight excluding hydrogens is 330 g/mol. The molecule has 0 aromatic heterocycles. The molecule has 0 radical (unpaired) electrons. The fraction of sp³-hybridized carbons (Fsp3) is 0.333. The van der Waals surface area contributed by atoms with Crippen molar-refractivity contribution in [1.82, 2.24) is 4.72 Å². The topological polar surface area (TPSA) is 46.2 Å². The van der Waals surface area contributed by atoms with E-state index in [1.165, 1.54) is 5.56 Å². The average molecular weight is 352 g/mol. The minimum atomic E-state index is -3.43. The Morgan fingerprint density at radius 1 is 1.00 bits per heavy atom. The van der Waals surface area contributed by atoms with E-state index in [0.717, 1.165) is 16.7 Å². The fourth-order valence-electron chi connectivity index (χ4n) is 2.62. The van der Waals surface area contributed by atoms with Crippen molar-refractivity contribution < 1.29 is 8.42 Å². The first kappa shape index (κ1) is 18.0. The van der Waals surface area contributed by atoms with E-state index >= 15 is 0 Å². The molecule has 0 aliphatic rings. The van der Waals surface area contributed by atoms with Crippen LogP contribution in [0.15, 0.2) is 36.4 Å². The highest BCUT2D eigenvalue weighted by Crippen LogP contribution is 2.23. The van der Waals surface area contributed by atoms with E-state index in [1.54, 1.807) is 24.3 Å². The molecule has 2 rings (SSSR count). The molecule has 1 N–H and O–H groups in total. The lowest BCUT2D eigenvalue weighted by Crippen LogP contribution is -2.28. The molecule has 0 unspecified atom stereocenters. The highest BCUT2D eigenvalue weighted by atomic mass is 35.5. The molecule has 0 amide bonds. The molecule has 0 heterocycles. The van der Waals surface area contributed by atoms with Gasteiger partial charge in [0.1, 0.15) is 0 Å². The largest absolute Gasteiger partial charge is 0.216 e. The molecule has 3 nitrogen and oxygen atoms in total. The van der Waals surface area contributed by atoms with Gasteiger partial charge in [0.2, 0.25) is 10.0 Å². The summed E-state index contributed by atoms with van der Waals surface area (Å²) < 4.78 is 27.5. The second kappa shape index (κ2) is 7.04. The number of rotatable bonds is 5. The molecule has 0 fully saturated rings. The molecule has 0 spiro atoms. The van der Waals surface area contributed by atoms with Crippen molar-refractivity contribution in [2.75, 3.05) is 0 Å². The molecular formula is C18H22ClNO2S. The highest BCUT2D eigenvalue weighted by molar-refractivity contribution is 7.88. The minimum Gasteiger partial charge on any atom is -0.212 e. The van der Waals surface area contributed by atoms with Gasteiger partial charge in [0.15, 0.2) is 0 Å². The van der Waals surface area contributed by atoms with E-state index in [1.807, 2.05) is 20.8 Å². The van der Waals surface area contributed by atoms with Crippen molar-refractivity contribution in [2.45, 2.75) is 39.5 Å². The summed E-state index contributed by atoms with van der Waals surface area (Å²) in [4.78, 5) is 0. The number of sulfonamides is 1. The summed E-state index contributed by atoms with van der Waals surface area (Å²) in [6, 6.07) is 10.7. The molecule has 0 saturated carbocycles. The van der Waals surface area contributed by atoms with E-state index in [4.69, 9.17) is 11.6 Å². The molecule has 0 bridgehead atoms. The van der Waals surface area contributed by atoms with Crippen LogP contribution >= 0.6 is 11.6 Å². The summed E-state index contributed by atoms with van der Waals surface area (Å²) in [6.07, 6.45) is 0. The second-order valence-corrected chi connectivity index (χ2v) is 8.21. The van der Waals surface area contributed by atoms with Gasteiger partial charge < -0.3 is 0 Å². The molecule has 124 valence electrons. The molecule has 23 heavy (non-hydrogen) atoms. The Morgan fingerprint density at radius 2 is 1.57 bits per heavy atom. The van der Waals surface area contributed by atoms with E-state index in [0.29, 0.717) is 10.6 Å². The predicted octanol–water partition coefficient (Wildman–Crippen LogP) is 4.45. The normalized spacial score (nSPS) is 13.1. The predicted molar refractivity (Wildman–Crippen MR) is 96.3 cm³/mol. The van der Waals surface area contributed by atoms with E-state index in [2.05, 4.69) is 23.8 Å². The maximum atomic E-state index is 12.4. The van der Waals surface area contributed by atoms with Crippen molar-refractivity contribution in [3.8, 4) is 0 Å². The Labute approximate surface area is 143 Å². The van der Waals surface area contributed by atoms with E-state index in [9.17, 15) is 8.42 Å². The van der Waals surface area contributed by atoms with Gasteiger partial charge in [0.05, 0.1) is 5.75 Å². The SMILES string of the molecule is Cc1cc(C)c([C@@H](C)NS(=O)(=O)Cc2ccc(Cl)cc2)cc1C. The quantitative estimate of drug-likeness (QED) is 0.865. The van der Waals surface area contributed by atoms with Crippen LogP contribution in [0.25, 0.3) is 0 Å². The number of benzene rings is 2. The van der Waals surface area contributed by atoms with Crippen LogP contribution in [0.1, 0.15) is 40.8 Å². The summed E-state index contributed by atoms with van der Waals surface area (Å²) in [7, 11) is -3.43. The van der Waals surface area contributed by atoms with Gasteiger partial charge in [-0.3, -0.25) is 0 Å². The zero-order valence-corrected chi connectivity index (χ0v) is 15.4. The maximum Gasteiger partial charge on any atom is 0.216 e. The van der Waals surface area contributed by atoms with Crippen LogP contribution in [0.4, 0.5) is 0 Å². The Kier molecular flexibility index (Phi) is 5.50. The van der Waals surface area contributed by atoms with Crippen LogP contribution in [0, 0.1) is 20.8 Å². The van der Waals surface area contributed by atoms with Crippen LogP contribution < -0.4 is 4.72 Å². The van der Waals surface area contributed by atoms with E-state index < -0.39 is 10.0 Å². The smallest absolute Gasteiger partial charge is 0.212 e. The molecule has 0 saturated heterocycles. The third kappa shape index (κ3) is 4.80. The van der Waals surface area contributed by atoms with Gasteiger partial charge in [-0.15, -0.1) is 0 Å². The van der Waals surface area contributed by atoms with Crippen molar-refractivity contribution >= 4 is 21.6 Å². The van der Waals surface area contributed by atoms with Gasteiger partial charge in [-0.05, 0) is 67.6 Å². The van der Waals surface area contributed by atoms with Crippen molar-refractivity contribution in [3.05, 3.63) is 69.2 Å². The van der Waals surface area contributed by atoms with Crippen LogP contribution in [0.2, 0.25) is 5.02 Å². The third-order valence-corrected chi connectivity index (χ3v) is 5.65. The fourth-order valence-corrected chi connectivity index (χ4v) is 4.13. The highest BCUT2D eigenvalue weighted by Gasteiger charge is 2.18. The van der Waals surface area contributed by atoms with Crippen LogP contribution in [0.5, 0.6) is 0 Å². The molecule has 2 aromatic rings. The number of hydrogen-bond donors (Lipinski definition) is 1. The summed E-state index contributed by atoms with van der Waals surface area (Å²) in [6.45, 7) is 7.97. The Hall–Kier alpha value is -1.36. The molecule has 0 aliphatic heterocycles. The zero-order chi connectivity index (χ0) is 17.2. The van der Waals surface area contributed by atoms with Crippen LogP contribution in [-0.4, -0.2) is 8.42 Å². The lowest BCUT2D eigenvalue weighted by atomic mass is 9.97. The van der Waals surface area contributed by atoms with Gasteiger partial charge in [-0.2, -0.15) is 0 Å². The second-order valence-electron chi connectivity index (χ2n) is 6.02. The molecule has 5 heteroatoms. The number of halogens is 1. The van der Waals surface area contributed by atoms with E-state index in [-0.39, 0.29) is 11.8 Å². The summed E-state index contributed by atoms with van der Waals surface area (Å²) in [5.74, 6) is -0.0571. The average Bonchev–Trinajstić information content (AvgIpc) is 2.44. The van der Waals surface area contributed by atoms with Crippen molar-refractivity contribution in [2.24, 2.45) is 0 Å².